The Balaban J connectivity index is 1.86. The van der Waals surface area contributed by atoms with Gasteiger partial charge < -0.3 is 5.73 Å². The molecule has 0 aliphatic carbocycles. The Bertz CT molecular complexity index is 346. The van der Waals surface area contributed by atoms with Crippen LogP contribution in [0.4, 0.5) is 0 Å². The summed E-state index contributed by atoms with van der Waals surface area (Å²) in [6, 6.07) is 0.885. The molecule has 0 bridgehead atoms. The predicted octanol–water partition coefficient (Wildman–Crippen LogP) is 2.21. The zero-order valence-electron chi connectivity index (χ0n) is 12.0. The quantitative estimate of drug-likeness (QED) is 0.861. The Hall–Kier alpha value is -0.420. The molecule has 3 atom stereocenters. The van der Waals surface area contributed by atoms with Crippen molar-refractivity contribution in [1.82, 2.24) is 4.31 Å². The Morgan fingerprint density at radius 1 is 1.26 bits per heavy atom. The largest absolute Gasteiger partial charge is 0.387 e. The highest BCUT2D eigenvalue weighted by Crippen LogP contribution is 2.25. The normalized spacial score (nSPS) is 31.5. The topological polar surface area (TPSA) is 58.7 Å². The minimum Gasteiger partial charge on any atom is -0.387 e. The molecule has 0 spiro atoms. The van der Waals surface area contributed by atoms with Crippen molar-refractivity contribution in [1.29, 1.82) is 0 Å². The van der Waals surface area contributed by atoms with Crippen molar-refractivity contribution in [2.75, 3.05) is 12.8 Å². The van der Waals surface area contributed by atoms with Crippen molar-refractivity contribution in [3.63, 3.8) is 0 Å². The second kappa shape index (κ2) is 7.39. The number of rotatable bonds is 4. The lowest BCUT2D eigenvalue weighted by Gasteiger charge is -2.34. The molecule has 2 aliphatic heterocycles. The van der Waals surface area contributed by atoms with Crippen LogP contribution in [0.25, 0.3) is 0 Å². The van der Waals surface area contributed by atoms with Crippen LogP contribution in [-0.4, -0.2) is 39.2 Å². The molecule has 4 nitrogen and oxygen atoms in total. The summed E-state index contributed by atoms with van der Waals surface area (Å²) in [7, 11) is -0.826. The molecule has 2 aliphatic rings. The van der Waals surface area contributed by atoms with Crippen molar-refractivity contribution in [3.8, 4) is 0 Å². The lowest BCUT2D eigenvalue weighted by Crippen LogP contribution is -2.40. The average Bonchev–Trinajstić information content (AvgIpc) is 2.61. The van der Waals surface area contributed by atoms with Crippen LogP contribution in [0, 0.1) is 0 Å². The monoisotopic (exact) mass is 285 g/mol. The predicted molar refractivity (Wildman–Crippen MR) is 81.5 cm³/mol. The summed E-state index contributed by atoms with van der Waals surface area (Å²) in [4.78, 5) is 4.63. The second-order valence-electron chi connectivity index (χ2n) is 5.81. The van der Waals surface area contributed by atoms with Crippen molar-refractivity contribution >= 4 is 16.8 Å². The van der Waals surface area contributed by atoms with Gasteiger partial charge in [0.15, 0.2) is 0 Å². The molecule has 110 valence electrons. The Morgan fingerprint density at radius 2 is 2.05 bits per heavy atom. The minimum absolute atomic E-state index is 0.400. The van der Waals surface area contributed by atoms with Gasteiger partial charge in [0, 0.05) is 25.3 Å². The number of aliphatic imine (C=N–C) groups is 1. The molecule has 5 heteroatoms. The fraction of sp³-hybridized carbons (Fsp3) is 0.929. The minimum atomic E-state index is -0.826. The van der Waals surface area contributed by atoms with E-state index in [-0.39, 0.29) is 0 Å². The summed E-state index contributed by atoms with van der Waals surface area (Å²) < 4.78 is 13.9. The van der Waals surface area contributed by atoms with Gasteiger partial charge in [0.2, 0.25) is 0 Å². The zero-order chi connectivity index (χ0) is 13.7. The molecule has 0 saturated carbocycles. The van der Waals surface area contributed by atoms with Crippen molar-refractivity contribution in [2.45, 2.75) is 69.9 Å². The van der Waals surface area contributed by atoms with Crippen molar-refractivity contribution in [2.24, 2.45) is 10.7 Å². The van der Waals surface area contributed by atoms with Crippen LogP contribution in [0.15, 0.2) is 4.99 Å². The molecule has 0 aromatic heterocycles. The SMILES string of the molecule is CS(=O)N1CCCCC1CCC1CCCCC(N)=N1. The highest BCUT2D eigenvalue weighted by Gasteiger charge is 2.25. The van der Waals surface area contributed by atoms with Gasteiger partial charge in [-0.1, -0.05) is 12.8 Å². The van der Waals surface area contributed by atoms with Gasteiger partial charge >= 0.3 is 0 Å². The maximum Gasteiger partial charge on any atom is 0.0940 e. The van der Waals surface area contributed by atoms with Crippen LogP contribution in [0.2, 0.25) is 0 Å². The van der Waals surface area contributed by atoms with Gasteiger partial charge in [-0.2, -0.15) is 0 Å². The van der Waals surface area contributed by atoms with E-state index in [4.69, 9.17) is 5.73 Å². The molecule has 1 fully saturated rings. The van der Waals surface area contributed by atoms with E-state index < -0.39 is 11.0 Å². The Kier molecular flexibility index (Phi) is 5.82. The van der Waals surface area contributed by atoms with Crippen LogP contribution in [0.1, 0.15) is 57.8 Å². The van der Waals surface area contributed by atoms with Crippen LogP contribution in [0.5, 0.6) is 0 Å². The van der Waals surface area contributed by atoms with Gasteiger partial charge in [-0.05, 0) is 38.5 Å². The zero-order valence-corrected chi connectivity index (χ0v) is 12.8. The molecule has 1 saturated heterocycles. The summed E-state index contributed by atoms with van der Waals surface area (Å²) >= 11 is 0. The summed E-state index contributed by atoms with van der Waals surface area (Å²) in [6.45, 7) is 0.990. The highest BCUT2D eigenvalue weighted by atomic mass is 32.2. The number of nitrogens with two attached hydrogens (primary N) is 1. The van der Waals surface area contributed by atoms with Gasteiger partial charge in [-0.3, -0.25) is 4.99 Å². The molecule has 0 amide bonds. The lowest BCUT2D eigenvalue weighted by molar-refractivity contribution is 0.244. The van der Waals surface area contributed by atoms with Crippen molar-refractivity contribution < 1.29 is 4.21 Å². The molecule has 19 heavy (non-hydrogen) atoms. The first kappa shape index (κ1) is 15.0. The van der Waals surface area contributed by atoms with E-state index in [1.807, 2.05) is 0 Å². The van der Waals surface area contributed by atoms with E-state index in [9.17, 15) is 4.21 Å². The molecular formula is C14H27N3OS. The molecule has 2 N–H and O–H groups in total. The number of nitrogens with zero attached hydrogens (tertiary/aromatic N) is 2. The molecule has 0 aromatic rings. The first-order chi connectivity index (χ1) is 9.16. The third-order valence-electron chi connectivity index (χ3n) is 4.31. The molecule has 3 unspecified atom stereocenters. The molecule has 2 heterocycles. The third-order valence-corrected chi connectivity index (χ3v) is 5.45. The van der Waals surface area contributed by atoms with E-state index in [2.05, 4.69) is 9.30 Å². The van der Waals surface area contributed by atoms with Gasteiger partial charge in [-0.25, -0.2) is 8.51 Å². The molecular weight excluding hydrogens is 258 g/mol. The highest BCUT2D eigenvalue weighted by molar-refractivity contribution is 7.81. The fourth-order valence-corrected chi connectivity index (χ4v) is 4.26. The van der Waals surface area contributed by atoms with Crippen LogP contribution in [0.3, 0.4) is 0 Å². The van der Waals surface area contributed by atoms with Crippen LogP contribution >= 0.6 is 0 Å². The second-order valence-corrected chi connectivity index (χ2v) is 7.13. The van der Waals surface area contributed by atoms with E-state index in [0.29, 0.717) is 12.1 Å². The summed E-state index contributed by atoms with van der Waals surface area (Å²) in [5, 5.41) is 0. The first-order valence-corrected chi connectivity index (χ1v) is 9.10. The van der Waals surface area contributed by atoms with Gasteiger partial charge in [0.05, 0.1) is 22.9 Å². The summed E-state index contributed by atoms with van der Waals surface area (Å²) in [5.74, 6) is 0.835. The van der Waals surface area contributed by atoms with Crippen molar-refractivity contribution in [3.05, 3.63) is 0 Å². The van der Waals surface area contributed by atoms with Gasteiger partial charge in [-0.15, -0.1) is 0 Å². The van der Waals surface area contributed by atoms with Crippen LogP contribution in [-0.2, 0) is 11.0 Å². The smallest absolute Gasteiger partial charge is 0.0940 e. The Morgan fingerprint density at radius 3 is 2.84 bits per heavy atom. The first-order valence-electron chi connectivity index (χ1n) is 7.59. The number of hydrogen-bond acceptors (Lipinski definition) is 3. The molecule has 0 radical (unpaired) electrons. The fourth-order valence-electron chi connectivity index (χ4n) is 3.24. The molecule has 0 aromatic carbocycles. The number of amidine groups is 1. The van der Waals surface area contributed by atoms with E-state index in [0.717, 1.165) is 31.6 Å². The number of piperidine rings is 1. The Labute approximate surface area is 119 Å². The summed E-state index contributed by atoms with van der Waals surface area (Å²) in [6.07, 6.45) is 12.2. The van der Waals surface area contributed by atoms with Gasteiger partial charge in [0.1, 0.15) is 0 Å². The average molecular weight is 285 g/mol. The standard InChI is InChI=1S/C14H27N3OS/c1-19(18)17-11-5-4-7-13(17)10-9-12-6-2-3-8-14(15)16-12/h12-13H,2-11H2,1H3,(H2,15,16). The maximum atomic E-state index is 11.8. The molecule has 2 rings (SSSR count). The lowest BCUT2D eigenvalue weighted by atomic mass is 9.96. The van der Waals surface area contributed by atoms with E-state index in [1.54, 1.807) is 6.26 Å². The number of hydrogen-bond donors (Lipinski definition) is 1. The van der Waals surface area contributed by atoms with Gasteiger partial charge in [0.25, 0.3) is 0 Å². The third kappa shape index (κ3) is 4.56. The van der Waals surface area contributed by atoms with Crippen LogP contribution < -0.4 is 5.73 Å². The van der Waals surface area contributed by atoms with E-state index in [1.165, 1.54) is 38.5 Å². The van der Waals surface area contributed by atoms with E-state index >= 15 is 0 Å². The maximum absolute atomic E-state index is 11.8. The summed E-state index contributed by atoms with van der Waals surface area (Å²) in [5.41, 5.74) is 5.90.